The van der Waals surface area contributed by atoms with E-state index in [0.29, 0.717) is 0 Å². The Labute approximate surface area is 144 Å². The van der Waals surface area contributed by atoms with Crippen LogP contribution in [0.5, 0.6) is 0 Å². The van der Waals surface area contributed by atoms with Gasteiger partial charge in [0.15, 0.2) is 0 Å². The smallest absolute Gasteiger partial charge is 0.140 e. The highest BCUT2D eigenvalue weighted by atomic mass is 32.2. The van der Waals surface area contributed by atoms with Crippen molar-refractivity contribution in [1.29, 1.82) is 0 Å². The van der Waals surface area contributed by atoms with Crippen molar-refractivity contribution in [2.45, 2.75) is 110 Å². The van der Waals surface area contributed by atoms with Gasteiger partial charge in [0.2, 0.25) is 0 Å². The fourth-order valence-electron chi connectivity index (χ4n) is 2.88. The van der Waals surface area contributed by atoms with Gasteiger partial charge in [-0.15, -0.1) is 0 Å². The van der Waals surface area contributed by atoms with Gasteiger partial charge in [-0.25, -0.2) is 0 Å². The van der Waals surface area contributed by atoms with Crippen molar-refractivity contribution in [2.24, 2.45) is 0 Å². The van der Waals surface area contributed by atoms with Gasteiger partial charge in [-0.1, -0.05) is 103 Å². The fourth-order valence-corrected chi connectivity index (χ4v) is 3.33. The highest BCUT2D eigenvalue weighted by Crippen LogP contribution is 2.13. The molecule has 0 amide bonds. The third kappa shape index (κ3) is 20.3. The molecule has 0 radical (unpaired) electrons. The first-order chi connectivity index (χ1) is 10.8. The summed E-state index contributed by atoms with van der Waals surface area (Å²) in [6.07, 6.45) is 27.2. The predicted octanol–water partition coefficient (Wildman–Crippen LogP) is 7.06. The van der Waals surface area contributed by atoms with E-state index in [-0.39, 0.29) is 11.2 Å². The van der Waals surface area contributed by atoms with Crippen LogP contribution in [0.1, 0.15) is 110 Å². The molecular formula is C20H43OS+. The van der Waals surface area contributed by atoms with Crippen LogP contribution in [-0.2, 0) is 15.4 Å². The Balaban J connectivity index is 2.94. The molecule has 0 rings (SSSR count). The zero-order valence-corrected chi connectivity index (χ0v) is 16.7. The normalized spacial score (nSPS) is 11.5. The van der Waals surface area contributed by atoms with Gasteiger partial charge < -0.3 is 0 Å². The predicted molar refractivity (Wildman–Crippen MR) is 105 cm³/mol. The summed E-state index contributed by atoms with van der Waals surface area (Å²) in [5.74, 6) is 0. The molecule has 0 aliphatic rings. The van der Waals surface area contributed by atoms with Gasteiger partial charge in [0.25, 0.3) is 0 Å². The van der Waals surface area contributed by atoms with Crippen LogP contribution >= 0.6 is 0 Å². The molecule has 0 bridgehead atoms. The summed E-state index contributed by atoms with van der Waals surface area (Å²) in [4.78, 5) is 0. The lowest BCUT2D eigenvalue weighted by Gasteiger charge is -2.03. The number of hydrogen-bond acceptors (Lipinski definition) is 1. The van der Waals surface area contributed by atoms with Crippen LogP contribution in [-0.4, -0.2) is 19.1 Å². The van der Waals surface area contributed by atoms with E-state index in [2.05, 4.69) is 19.4 Å². The van der Waals surface area contributed by atoms with Gasteiger partial charge in [-0.2, -0.15) is 4.18 Å². The number of hydrogen-bond donors (Lipinski definition) is 0. The molecule has 0 aromatic heterocycles. The van der Waals surface area contributed by atoms with Crippen molar-refractivity contribution >= 4 is 11.2 Å². The molecule has 0 heterocycles. The molecule has 0 saturated heterocycles. The van der Waals surface area contributed by atoms with Gasteiger partial charge in [0.05, 0.1) is 0 Å². The maximum Gasteiger partial charge on any atom is 0.140 e. The fraction of sp³-hybridized carbons (Fsp3) is 1.00. The molecule has 0 atom stereocenters. The molecule has 0 aliphatic carbocycles. The Morgan fingerprint density at radius 3 is 1.14 bits per heavy atom. The van der Waals surface area contributed by atoms with Crippen molar-refractivity contribution in [1.82, 2.24) is 0 Å². The van der Waals surface area contributed by atoms with E-state index >= 15 is 0 Å². The standard InChI is InChI=1S/C20H43OS/c1-4-5-6-7-8-9-10-11-12-13-14-15-16-17-18-19-20-21-22(2)3/h4-20H2,1-3H3/q+1. The first kappa shape index (κ1) is 22.3. The van der Waals surface area contributed by atoms with Gasteiger partial charge in [-0.05, 0) is 6.42 Å². The minimum Gasteiger partial charge on any atom is -0.175 e. The van der Waals surface area contributed by atoms with Crippen LogP contribution < -0.4 is 0 Å². The van der Waals surface area contributed by atoms with Gasteiger partial charge in [0, 0.05) is 0 Å². The SMILES string of the molecule is CCCCCCCCCCCCCCCCCCO[S+](C)C. The van der Waals surface area contributed by atoms with Crippen LogP contribution in [0.15, 0.2) is 0 Å². The lowest BCUT2D eigenvalue weighted by Crippen LogP contribution is -2.02. The van der Waals surface area contributed by atoms with Gasteiger partial charge in [-0.3, -0.25) is 0 Å². The van der Waals surface area contributed by atoms with E-state index in [1.165, 1.54) is 103 Å². The summed E-state index contributed by atoms with van der Waals surface area (Å²) in [7, 11) is 0. The average molecular weight is 332 g/mol. The van der Waals surface area contributed by atoms with E-state index in [9.17, 15) is 0 Å². The summed E-state index contributed by atoms with van der Waals surface area (Å²) < 4.78 is 5.59. The van der Waals surface area contributed by atoms with Crippen LogP contribution in [0.25, 0.3) is 0 Å². The summed E-state index contributed by atoms with van der Waals surface area (Å²) in [5.41, 5.74) is 0. The molecule has 0 fully saturated rings. The van der Waals surface area contributed by atoms with Crippen molar-refractivity contribution in [3.63, 3.8) is 0 Å². The van der Waals surface area contributed by atoms with Crippen molar-refractivity contribution in [3.05, 3.63) is 0 Å². The highest BCUT2D eigenvalue weighted by Gasteiger charge is 2.01. The molecule has 22 heavy (non-hydrogen) atoms. The van der Waals surface area contributed by atoms with Gasteiger partial charge in [0.1, 0.15) is 30.3 Å². The molecule has 134 valence electrons. The molecule has 0 unspecified atom stereocenters. The minimum atomic E-state index is 0.166. The molecular weight excluding hydrogens is 288 g/mol. The van der Waals surface area contributed by atoms with E-state index in [0.717, 1.165) is 6.61 Å². The molecule has 0 aliphatic heterocycles. The largest absolute Gasteiger partial charge is 0.175 e. The van der Waals surface area contributed by atoms with E-state index in [1.807, 2.05) is 0 Å². The third-order valence-corrected chi connectivity index (χ3v) is 4.95. The topological polar surface area (TPSA) is 9.23 Å². The minimum absolute atomic E-state index is 0.166. The summed E-state index contributed by atoms with van der Waals surface area (Å²) in [5, 5.41) is 0. The first-order valence-corrected chi connectivity index (χ1v) is 11.9. The second kappa shape index (κ2) is 19.4. The highest BCUT2D eigenvalue weighted by molar-refractivity contribution is 7.90. The van der Waals surface area contributed by atoms with E-state index in [1.54, 1.807) is 0 Å². The molecule has 0 spiro atoms. The Morgan fingerprint density at radius 2 is 0.818 bits per heavy atom. The Morgan fingerprint density at radius 1 is 0.500 bits per heavy atom. The molecule has 0 aromatic carbocycles. The molecule has 0 saturated carbocycles. The van der Waals surface area contributed by atoms with Crippen LogP contribution in [0.4, 0.5) is 0 Å². The van der Waals surface area contributed by atoms with Crippen molar-refractivity contribution < 1.29 is 4.18 Å². The second-order valence-electron chi connectivity index (χ2n) is 6.87. The Bertz CT molecular complexity index is 194. The maximum atomic E-state index is 5.59. The summed E-state index contributed by atoms with van der Waals surface area (Å²) >= 11 is 0.166. The quantitative estimate of drug-likeness (QED) is 0.193. The van der Waals surface area contributed by atoms with Crippen LogP contribution in [0, 0.1) is 0 Å². The summed E-state index contributed by atoms with van der Waals surface area (Å²) in [6, 6.07) is 0. The number of rotatable bonds is 18. The monoisotopic (exact) mass is 331 g/mol. The van der Waals surface area contributed by atoms with Crippen molar-refractivity contribution in [3.8, 4) is 0 Å². The third-order valence-electron chi connectivity index (χ3n) is 4.32. The lowest BCUT2D eigenvalue weighted by atomic mass is 10.0. The number of unbranched alkanes of at least 4 members (excludes halogenated alkanes) is 15. The van der Waals surface area contributed by atoms with Crippen molar-refractivity contribution in [2.75, 3.05) is 19.1 Å². The lowest BCUT2D eigenvalue weighted by molar-refractivity contribution is 0.347. The molecule has 0 aromatic rings. The van der Waals surface area contributed by atoms with E-state index < -0.39 is 0 Å². The Kier molecular flexibility index (Phi) is 19.6. The van der Waals surface area contributed by atoms with Crippen LogP contribution in [0.3, 0.4) is 0 Å². The molecule has 1 nitrogen and oxygen atoms in total. The van der Waals surface area contributed by atoms with E-state index in [4.69, 9.17) is 4.18 Å². The zero-order chi connectivity index (χ0) is 16.3. The average Bonchev–Trinajstić information content (AvgIpc) is 2.50. The summed E-state index contributed by atoms with van der Waals surface area (Å²) in [6.45, 7) is 3.26. The zero-order valence-electron chi connectivity index (χ0n) is 15.8. The Hall–Kier alpha value is 0.310. The first-order valence-electron chi connectivity index (χ1n) is 9.98. The molecule has 2 heteroatoms. The van der Waals surface area contributed by atoms with Gasteiger partial charge >= 0.3 is 0 Å². The molecule has 0 N–H and O–H groups in total. The maximum absolute atomic E-state index is 5.59. The van der Waals surface area contributed by atoms with Crippen LogP contribution in [0.2, 0.25) is 0 Å². The second-order valence-corrected chi connectivity index (χ2v) is 8.59.